The zero-order chi connectivity index (χ0) is 14.6. The van der Waals surface area contributed by atoms with Gasteiger partial charge >= 0.3 is 0 Å². The van der Waals surface area contributed by atoms with E-state index in [2.05, 4.69) is 41.8 Å². The number of ether oxygens (including phenoxy) is 1. The standard InChI is InChI=1S/C16H24N2O2/c1-12-4-6-14(7-5-12)13(2)18-15(19)16(20-3)8-10-17-11-9-16/h4-7,13,17H,8-11H2,1-3H3,(H,18,19). The van der Waals surface area contributed by atoms with Crippen molar-refractivity contribution in [2.24, 2.45) is 0 Å². The largest absolute Gasteiger partial charge is 0.368 e. The van der Waals surface area contributed by atoms with Crippen LogP contribution in [-0.4, -0.2) is 31.7 Å². The van der Waals surface area contributed by atoms with Gasteiger partial charge in [-0.05, 0) is 45.3 Å². The van der Waals surface area contributed by atoms with Crippen molar-refractivity contribution >= 4 is 5.91 Å². The normalized spacial score (nSPS) is 19.4. The van der Waals surface area contributed by atoms with E-state index in [0.717, 1.165) is 31.5 Å². The van der Waals surface area contributed by atoms with Crippen LogP contribution in [0.15, 0.2) is 24.3 Å². The molecule has 1 aromatic carbocycles. The molecule has 20 heavy (non-hydrogen) atoms. The highest BCUT2D eigenvalue weighted by Crippen LogP contribution is 2.24. The highest BCUT2D eigenvalue weighted by atomic mass is 16.5. The van der Waals surface area contributed by atoms with Crippen LogP contribution in [0.1, 0.15) is 36.9 Å². The molecule has 2 N–H and O–H groups in total. The van der Waals surface area contributed by atoms with Crippen LogP contribution in [0.25, 0.3) is 0 Å². The van der Waals surface area contributed by atoms with Crippen molar-refractivity contribution in [1.82, 2.24) is 10.6 Å². The minimum Gasteiger partial charge on any atom is -0.368 e. The van der Waals surface area contributed by atoms with Gasteiger partial charge in [-0.25, -0.2) is 0 Å². The van der Waals surface area contributed by atoms with Crippen LogP contribution in [0.3, 0.4) is 0 Å². The van der Waals surface area contributed by atoms with Gasteiger partial charge in [-0.2, -0.15) is 0 Å². The third-order valence-electron chi connectivity index (χ3n) is 4.14. The summed E-state index contributed by atoms with van der Waals surface area (Å²) in [4.78, 5) is 12.5. The molecule has 1 atom stereocenters. The molecule has 0 radical (unpaired) electrons. The average molecular weight is 276 g/mol. The molecule has 1 fully saturated rings. The fourth-order valence-corrected chi connectivity index (χ4v) is 2.62. The number of piperidine rings is 1. The van der Waals surface area contributed by atoms with Crippen LogP contribution < -0.4 is 10.6 Å². The van der Waals surface area contributed by atoms with E-state index in [1.54, 1.807) is 7.11 Å². The zero-order valence-electron chi connectivity index (χ0n) is 12.5. The number of methoxy groups -OCH3 is 1. The molecule has 110 valence electrons. The molecule has 1 saturated heterocycles. The molecular weight excluding hydrogens is 252 g/mol. The predicted molar refractivity (Wildman–Crippen MR) is 79.6 cm³/mol. The van der Waals surface area contributed by atoms with E-state index >= 15 is 0 Å². The molecule has 0 saturated carbocycles. The number of amides is 1. The van der Waals surface area contributed by atoms with Crippen LogP contribution in [0.5, 0.6) is 0 Å². The lowest BCUT2D eigenvalue weighted by Gasteiger charge is -2.35. The summed E-state index contributed by atoms with van der Waals surface area (Å²) in [6.07, 6.45) is 1.44. The van der Waals surface area contributed by atoms with E-state index in [0.29, 0.717) is 0 Å². The molecule has 1 aliphatic heterocycles. The van der Waals surface area contributed by atoms with Crippen molar-refractivity contribution in [3.05, 3.63) is 35.4 Å². The third-order valence-corrected chi connectivity index (χ3v) is 4.14. The second-order valence-electron chi connectivity index (χ2n) is 5.55. The fraction of sp³-hybridized carbons (Fsp3) is 0.562. The van der Waals surface area contributed by atoms with E-state index in [9.17, 15) is 4.79 Å². The molecule has 0 aromatic heterocycles. The number of hydrogen-bond acceptors (Lipinski definition) is 3. The molecule has 4 heteroatoms. The maximum Gasteiger partial charge on any atom is 0.252 e. The summed E-state index contributed by atoms with van der Waals surface area (Å²) in [5.41, 5.74) is 1.66. The Hall–Kier alpha value is -1.39. The quantitative estimate of drug-likeness (QED) is 0.883. The van der Waals surface area contributed by atoms with Gasteiger partial charge in [0.15, 0.2) is 0 Å². The van der Waals surface area contributed by atoms with E-state index in [-0.39, 0.29) is 11.9 Å². The minimum absolute atomic E-state index is 0.00502. The Morgan fingerprint density at radius 1 is 1.30 bits per heavy atom. The first-order chi connectivity index (χ1) is 9.57. The lowest BCUT2D eigenvalue weighted by atomic mass is 9.90. The molecule has 1 heterocycles. The number of aryl methyl sites for hydroxylation is 1. The summed E-state index contributed by atoms with van der Waals surface area (Å²) in [7, 11) is 1.63. The number of carbonyl (C=O) groups excluding carboxylic acids is 1. The van der Waals surface area contributed by atoms with E-state index in [1.807, 2.05) is 6.92 Å². The number of carbonyl (C=O) groups is 1. The van der Waals surface area contributed by atoms with Gasteiger partial charge in [0.2, 0.25) is 0 Å². The highest BCUT2D eigenvalue weighted by molar-refractivity contribution is 5.85. The fourth-order valence-electron chi connectivity index (χ4n) is 2.62. The SMILES string of the molecule is COC1(C(=O)NC(C)c2ccc(C)cc2)CCNCC1. The van der Waals surface area contributed by atoms with Crippen LogP contribution in [0.2, 0.25) is 0 Å². The molecule has 1 aliphatic rings. The summed E-state index contributed by atoms with van der Waals surface area (Å²) in [5, 5.41) is 6.35. The average Bonchev–Trinajstić information content (AvgIpc) is 2.48. The zero-order valence-corrected chi connectivity index (χ0v) is 12.5. The van der Waals surface area contributed by atoms with Crippen LogP contribution in [-0.2, 0) is 9.53 Å². The Bertz CT molecular complexity index is 450. The van der Waals surface area contributed by atoms with Gasteiger partial charge in [-0.1, -0.05) is 29.8 Å². The van der Waals surface area contributed by atoms with Crippen molar-refractivity contribution in [2.75, 3.05) is 20.2 Å². The molecule has 1 amide bonds. The van der Waals surface area contributed by atoms with Gasteiger partial charge in [-0.15, -0.1) is 0 Å². The number of hydrogen-bond donors (Lipinski definition) is 2. The Morgan fingerprint density at radius 2 is 1.90 bits per heavy atom. The lowest BCUT2D eigenvalue weighted by Crippen LogP contribution is -2.54. The maximum atomic E-state index is 12.5. The molecule has 0 aliphatic carbocycles. The van der Waals surface area contributed by atoms with Crippen molar-refractivity contribution in [2.45, 2.75) is 38.3 Å². The monoisotopic (exact) mass is 276 g/mol. The summed E-state index contributed by atoms with van der Waals surface area (Å²) < 4.78 is 5.54. The van der Waals surface area contributed by atoms with Gasteiger partial charge < -0.3 is 15.4 Å². The van der Waals surface area contributed by atoms with E-state index in [1.165, 1.54) is 5.56 Å². The molecule has 0 spiro atoms. The smallest absolute Gasteiger partial charge is 0.252 e. The molecule has 0 bridgehead atoms. The highest BCUT2D eigenvalue weighted by Gasteiger charge is 2.40. The van der Waals surface area contributed by atoms with Crippen LogP contribution in [0.4, 0.5) is 0 Å². The third kappa shape index (κ3) is 3.19. The second kappa shape index (κ2) is 6.37. The lowest BCUT2D eigenvalue weighted by molar-refractivity contribution is -0.147. The van der Waals surface area contributed by atoms with Gasteiger partial charge in [0, 0.05) is 7.11 Å². The topological polar surface area (TPSA) is 50.4 Å². The van der Waals surface area contributed by atoms with Crippen molar-refractivity contribution in [3.63, 3.8) is 0 Å². The molecule has 1 aromatic rings. The Balaban J connectivity index is 2.04. The van der Waals surface area contributed by atoms with E-state index < -0.39 is 5.60 Å². The first kappa shape index (κ1) is 15.0. The first-order valence-corrected chi connectivity index (χ1v) is 7.21. The predicted octanol–water partition coefficient (Wildman–Crippen LogP) is 1.94. The molecule has 4 nitrogen and oxygen atoms in total. The van der Waals surface area contributed by atoms with Gasteiger partial charge in [0.25, 0.3) is 5.91 Å². The summed E-state index contributed by atoms with van der Waals surface area (Å²) in [6.45, 7) is 5.70. The first-order valence-electron chi connectivity index (χ1n) is 7.21. The number of rotatable bonds is 4. The summed E-state index contributed by atoms with van der Waals surface area (Å²) in [5.74, 6) is -0.00502. The van der Waals surface area contributed by atoms with Crippen LogP contribution >= 0.6 is 0 Å². The van der Waals surface area contributed by atoms with Gasteiger partial charge in [0.05, 0.1) is 6.04 Å². The number of nitrogens with one attached hydrogen (secondary N) is 2. The molecule has 1 unspecified atom stereocenters. The Morgan fingerprint density at radius 3 is 2.45 bits per heavy atom. The van der Waals surface area contributed by atoms with Crippen molar-refractivity contribution in [3.8, 4) is 0 Å². The van der Waals surface area contributed by atoms with E-state index in [4.69, 9.17) is 4.74 Å². The summed E-state index contributed by atoms with van der Waals surface area (Å²) in [6, 6.07) is 8.23. The maximum absolute atomic E-state index is 12.5. The Labute approximate surface area is 120 Å². The van der Waals surface area contributed by atoms with Crippen LogP contribution in [0, 0.1) is 6.92 Å². The number of benzene rings is 1. The molecular formula is C16H24N2O2. The van der Waals surface area contributed by atoms with Crippen molar-refractivity contribution in [1.29, 1.82) is 0 Å². The molecule has 2 rings (SSSR count). The van der Waals surface area contributed by atoms with Crippen molar-refractivity contribution < 1.29 is 9.53 Å². The minimum atomic E-state index is -0.676. The Kier molecular flexibility index (Phi) is 4.78. The van der Waals surface area contributed by atoms with Gasteiger partial charge in [0.1, 0.15) is 5.60 Å². The summed E-state index contributed by atoms with van der Waals surface area (Å²) >= 11 is 0. The second-order valence-corrected chi connectivity index (χ2v) is 5.55. The van der Waals surface area contributed by atoms with Gasteiger partial charge in [-0.3, -0.25) is 4.79 Å².